The monoisotopic (exact) mass is 292 g/mol. The smallest absolute Gasteiger partial charge is 0.120 e. The second kappa shape index (κ2) is 7.28. The average molecular weight is 292 g/mol. The van der Waals surface area contributed by atoms with Crippen LogP contribution in [-0.4, -0.2) is 23.4 Å². The number of hydrogen-bond donors (Lipinski definition) is 1. The Kier molecular flexibility index (Phi) is 5.65. The van der Waals surface area contributed by atoms with Crippen LogP contribution in [0.25, 0.3) is 0 Å². The lowest BCUT2D eigenvalue weighted by Gasteiger charge is -2.41. The van der Waals surface area contributed by atoms with Crippen molar-refractivity contribution in [1.29, 1.82) is 0 Å². The van der Waals surface area contributed by atoms with Crippen molar-refractivity contribution >= 4 is 0 Å². The zero-order chi connectivity index (χ0) is 15.3. The van der Waals surface area contributed by atoms with Crippen LogP contribution >= 0.6 is 0 Å². The van der Waals surface area contributed by atoms with Gasteiger partial charge in [0, 0.05) is 6.61 Å². The minimum atomic E-state index is -0.589. The number of ether oxygens (including phenoxy) is 2. The second-order valence-electron chi connectivity index (χ2n) is 6.20. The van der Waals surface area contributed by atoms with Gasteiger partial charge in [0.15, 0.2) is 0 Å². The summed E-state index contributed by atoms with van der Waals surface area (Å²) in [5.74, 6) is 0.809. The molecule has 0 aromatic heterocycles. The van der Waals surface area contributed by atoms with Gasteiger partial charge < -0.3 is 14.6 Å². The molecule has 0 saturated heterocycles. The summed E-state index contributed by atoms with van der Waals surface area (Å²) in [6.07, 6.45) is 4.88. The van der Waals surface area contributed by atoms with Crippen LogP contribution in [0.3, 0.4) is 0 Å². The minimum Gasteiger partial charge on any atom is -0.491 e. The molecule has 2 rings (SSSR count). The first-order valence-electron chi connectivity index (χ1n) is 8.16. The fraction of sp³-hybridized carbons (Fsp3) is 0.667. The Bertz CT molecular complexity index is 430. The van der Waals surface area contributed by atoms with E-state index in [2.05, 4.69) is 0 Å². The summed E-state index contributed by atoms with van der Waals surface area (Å²) in [5.41, 5.74) is 0.465. The topological polar surface area (TPSA) is 38.7 Å². The van der Waals surface area contributed by atoms with E-state index in [0.29, 0.717) is 6.61 Å². The van der Waals surface area contributed by atoms with Crippen molar-refractivity contribution in [2.45, 2.75) is 70.7 Å². The van der Waals surface area contributed by atoms with E-state index >= 15 is 0 Å². The van der Waals surface area contributed by atoms with Gasteiger partial charge in [-0.25, -0.2) is 0 Å². The van der Waals surface area contributed by atoms with Crippen LogP contribution < -0.4 is 4.74 Å². The molecule has 21 heavy (non-hydrogen) atoms. The van der Waals surface area contributed by atoms with Crippen LogP contribution in [0.2, 0.25) is 0 Å². The van der Waals surface area contributed by atoms with Crippen LogP contribution in [0.4, 0.5) is 0 Å². The zero-order valence-electron chi connectivity index (χ0n) is 13.5. The van der Waals surface area contributed by atoms with E-state index < -0.39 is 11.7 Å². The molecule has 1 fully saturated rings. The second-order valence-corrected chi connectivity index (χ2v) is 6.20. The van der Waals surface area contributed by atoms with Crippen molar-refractivity contribution in [3.63, 3.8) is 0 Å². The summed E-state index contributed by atoms with van der Waals surface area (Å²) in [6.45, 7) is 6.65. The van der Waals surface area contributed by atoms with E-state index in [9.17, 15) is 5.11 Å². The summed E-state index contributed by atoms with van der Waals surface area (Å²) >= 11 is 0. The lowest BCUT2D eigenvalue weighted by atomic mass is 9.78. The van der Waals surface area contributed by atoms with Gasteiger partial charge in [0.2, 0.25) is 0 Å². The Morgan fingerprint density at radius 2 is 1.90 bits per heavy atom. The molecule has 1 atom stereocenters. The normalized spacial score (nSPS) is 19.5. The maximum Gasteiger partial charge on any atom is 0.120 e. The molecule has 1 aromatic rings. The summed E-state index contributed by atoms with van der Waals surface area (Å²) in [4.78, 5) is 0. The Morgan fingerprint density at radius 1 is 1.19 bits per heavy atom. The van der Waals surface area contributed by atoms with E-state index in [1.807, 2.05) is 45.0 Å². The van der Waals surface area contributed by atoms with Crippen molar-refractivity contribution < 1.29 is 14.6 Å². The number of hydrogen-bond acceptors (Lipinski definition) is 3. The van der Waals surface area contributed by atoms with Gasteiger partial charge in [-0.1, -0.05) is 31.4 Å². The molecule has 0 amide bonds. The lowest BCUT2D eigenvalue weighted by molar-refractivity contribution is -0.141. The van der Waals surface area contributed by atoms with E-state index in [1.165, 1.54) is 6.42 Å². The van der Waals surface area contributed by atoms with Crippen LogP contribution in [0.15, 0.2) is 24.3 Å². The van der Waals surface area contributed by atoms with E-state index in [4.69, 9.17) is 9.47 Å². The zero-order valence-corrected chi connectivity index (χ0v) is 13.5. The maximum atomic E-state index is 10.9. The predicted molar refractivity (Wildman–Crippen MR) is 84.6 cm³/mol. The molecule has 3 nitrogen and oxygen atoms in total. The highest BCUT2D eigenvalue weighted by Crippen LogP contribution is 2.42. The molecule has 1 aromatic carbocycles. The van der Waals surface area contributed by atoms with Crippen molar-refractivity contribution in [2.24, 2.45) is 0 Å². The molecule has 1 aliphatic carbocycles. The minimum absolute atomic E-state index is 0.132. The summed E-state index contributed by atoms with van der Waals surface area (Å²) in [5, 5.41) is 10.9. The Balaban J connectivity index is 2.21. The number of benzene rings is 1. The predicted octanol–water partition coefficient (Wildman–Crippen LogP) is 4.25. The van der Waals surface area contributed by atoms with Gasteiger partial charge in [0.05, 0.1) is 11.7 Å². The highest BCUT2D eigenvalue weighted by Gasteiger charge is 2.40. The van der Waals surface area contributed by atoms with Gasteiger partial charge in [0.1, 0.15) is 11.9 Å². The molecular weight excluding hydrogens is 264 g/mol. The molecule has 0 bridgehead atoms. The van der Waals surface area contributed by atoms with Gasteiger partial charge >= 0.3 is 0 Å². The van der Waals surface area contributed by atoms with Gasteiger partial charge in [-0.05, 0) is 51.3 Å². The highest BCUT2D eigenvalue weighted by molar-refractivity contribution is 5.31. The summed E-state index contributed by atoms with van der Waals surface area (Å²) in [7, 11) is 0. The van der Waals surface area contributed by atoms with Gasteiger partial charge in [0.25, 0.3) is 0 Å². The van der Waals surface area contributed by atoms with E-state index in [1.54, 1.807) is 0 Å². The summed E-state index contributed by atoms with van der Waals surface area (Å²) in [6, 6.07) is 7.79. The number of aliphatic hydroxyl groups excluding tert-OH is 1. The van der Waals surface area contributed by atoms with E-state index in [-0.39, 0.29) is 6.10 Å². The average Bonchev–Trinajstić information content (AvgIpc) is 2.47. The van der Waals surface area contributed by atoms with Crippen LogP contribution in [-0.2, 0) is 4.74 Å². The molecule has 0 radical (unpaired) electrons. The summed E-state index contributed by atoms with van der Waals surface area (Å²) < 4.78 is 11.8. The third-order valence-electron chi connectivity index (χ3n) is 4.18. The van der Waals surface area contributed by atoms with Crippen LogP contribution in [0, 0.1) is 0 Å². The molecular formula is C18H28O3. The van der Waals surface area contributed by atoms with Crippen LogP contribution in [0.5, 0.6) is 5.75 Å². The van der Waals surface area contributed by atoms with Gasteiger partial charge in [-0.15, -0.1) is 0 Å². The molecule has 1 saturated carbocycles. The molecule has 1 aliphatic rings. The Morgan fingerprint density at radius 3 is 2.52 bits per heavy atom. The Labute approximate surface area is 128 Å². The third kappa shape index (κ3) is 3.98. The highest BCUT2D eigenvalue weighted by atomic mass is 16.5. The SMILES string of the molecule is CCOC1(C(O)c2cccc(OC(C)C)c2)CCCCC1. The molecule has 0 aliphatic heterocycles. The van der Waals surface area contributed by atoms with Crippen molar-refractivity contribution in [3.05, 3.63) is 29.8 Å². The largest absolute Gasteiger partial charge is 0.491 e. The maximum absolute atomic E-state index is 10.9. The van der Waals surface area contributed by atoms with E-state index in [0.717, 1.165) is 37.0 Å². The molecule has 1 unspecified atom stereocenters. The third-order valence-corrected chi connectivity index (χ3v) is 4.18. The van der Waals surface area contributed by atoms with Gasteiger partial charge in [-0.3, -0.25) is 0 Å². The van der Waals surface area contributed by atoms with Crippen LogP contribution in [0.1, 0.15) is 64.5 Å². The molecule has 0 spiro atoms. The molecule has 3 heteroatoms. The number of rotatable bonds is 6. The molecule has 118 valence electrons. The van der Waals surface area contributed by atoms with Crippen molar-refractivity contribution in [3.8, 4) is 5.75 Å². The first-order chi connectivity index (χ1) is 10.1. The van der Waals surface area contributed by atoms with Crippen molar-refractivity contribution in [1.82, 2.24) is 0 Å². The standard InChI is InChI=1S/C18H28O3/c1-4-20-18(11-6-5-7-12-18)17(19)15-9-8-10-16(13-15)21-14(2)3/h8-10,13-14,17,19H,4-7,11-12H2,1-3H3. The van der Waals surface area contributed by atoms with Gasteiger partial charge in [-0.2, -0.15) is 0 Å². The van der Waals surface area contributed by atoms with Crippen molar-refractivity contribution in [2.75, 3.05) is 6.61 Å². The fourth-order valence-electron chi connectivity index (χ4n) is 3.27. The number of aliphatic hydroxyl groups is 1. The first-order valence-corrected chi connectivity index (χ1v) is 8.16. The lowest BCUT2D eigenvalue weighted by Crippen LogP contribution is -2.41. The molecule has 0 heterocycles. The first kappa shape index (κ1) is 16.3. The fourth-order valence-corrected chi connectivity index (χ4v) is 3.27. The Hall–Kier alpha value is -1.06. The molecule has 1 N–H and O–H groups in total. The quantitative estimate of drug-likeness (QED) is 0.852.